The van der Waals surface area contributed by atoms with E-state index >= 15 is 0 Å². The van der Waals surface area contributed by atoms with Crippen molar-refractivity contribution in [3.05, 3.63) is 95.8 Å². The van der Waals surface area contributed by atoms with Gasteiger partial charge in [0.25, 0.3) is 0 Å². The second-order valence-corrected chi connectivity index (χ2v) is 11.4. The molecule has 0 bridgehead atoms. The van der Waals surface area contributed by atoms with Gasteiger partial charge in [-0.15, -0.1) is 10.2 Å². The number of aromatic nitrogens is 3. The van der Waals surface area contributed by atoms with Gasteiger partial charge in [0.2, 0.25) is 0 Å². The molecule has 0 aliphatic rings. The summed E-state index contributed by atoms with van der Waals surface area (Å²) in [6.07, 6.45) is 1.85. The molecule has 0 spiro atoms. The van der Waals surface area contributed by atoms with Crippen molar-refractivity contribution < 1.29 is 13.2 Å². The van der Waals surface area contributed by atoms with Gasteiger partial charge >= 0.3 is 0 Å². The summed E-state index contributed by atoms with van der Waals surface area (Å²) in [5.74, 6) is 1.93. The van der Waals surface area contributed by atoms with Gasteiger partial charge < -0.3 is 4.74 Å². The van der Waals surface area contributed by atoms with Crippen molar-refractivity contribution in [2.75, 3.05) is 12.4 Å². The van der Waals surface area contributed by atoms with E-state index < -0.39 is 9.84 Å². The van der Waals surface area contributed by atoms with Crippen LogP contribution < -0.4 is 4.74 Å². The van der Waals surface area contributed by atoms with E-state index in [4.69, 9.17) is 4.74 Å². The van der Waals surface area contributed by atoms with Crippen molar-refractivity contribution in [3.8, 4) is 11.4 Å². The van der Waals surface area contributed by atoms with E-state index in [1.165, 1.54) is 0 Å². The van der Waals surface area contributed by atoms with Crippen LogP contribution in [0.25, 0.3) is 5.69 Å². The third-order valence-corrected chi connectivity index (χ3v) is 8.18. The Hall–Kier alpha value is -3.10. The lowest BCUT2D eigenvalue weighted by Crippen LogP contribution is -2.11. The molecule has 0 aliphatic heterocycles. The molecule has 0 N–H and O–H groups in total. The number of nitrogens with zero attached hydrogens (tertiary/aromatic N) is 3. The van der Waals surface area contributed by atoms with Crippen LogP contribution >= 0.6 is 11.8 Å². The summed E-state index contributed by atoms with van der Waals surface area (Å²) in [4.78, 5) is 0.286. The van der Waals surface area contributed by atoms with Gasteiger partial charge in [0.1, 0.15) is 11.5 Å². The average molecular weight is 508 g/mol. The average Bonchev–Trinajstić information content (AvgIpc) is 3.24. The number of thioether (sulfide) groups is 1. The van der Waals surface area contributed by atoms with Crippen LogP contribution in [0.5, 0.6) is 5.75 Å². The number of sulfone groups is 1. The van der Waals surface area contributed by atoms with Gasteiger partial charge in [-0.2, -0.15) is 0 Å². The van der Waals surface area contributed by atoms with Gasteiger partial charge in [-0.3, -0.25) is 4.57 Å². The molecule has 0 unspecified atom stereocenters. The van der Waals surface area contributed by atoms with Gasteiger partial charge in [-0.1, -0.05) is 65.9 Å². The van der Waals surface area contributed by atoms with Gasteiger partial charge in [0.15, 0.2) is 20.8 Å². The Kier molecular flexibility index (Phi) is 8.25. The molecule has 0 atom stereocenters. The van der Waals surface area contributed by atoms with Crippen LogP contribution in [0.4, 0.5) is 0 Å². The van der Waals surface area contributed by atoms with Crippen molar-refractivity contribution in [2.24, 2.45) is 0 Å². The summed E-state index contributed by atoms with van der Waals surface area (Å²) >= 11 is 1.57. The van der Waals surface area contributed by atoms with Crippen LogP contribution in [0.1, 0.15) is 29.8 Å². The van der Waals surface area contributed by atoms with E-state index in [0.29, 0.717) is 17.6 Å². The highest BCUT2D eigenvalue weighted by Crippen LogP contribution is 2.26. The van der Waals surface area contributed by atoms with Crippen molar-refractivity contribution in [3.63, 3.8) is 0 Å². The van der Waals surface area contributed by atoms with Gasteiger partial charge in [0.05, 0.1) is 11.5 Å². The number of benzene rings is 3. The second-order valence-electron chi connectivity index (χ2n) is 8.31. The predicted octanol–water partition coefficient (Wildman–Crippen LogP) is 5.81. The lowest BCUT2D eigenvalue weighted by atomic mass is 10.2. The van der Waals surface area contributed by atoms with E-state index in [1.54, 1.807) is 36.0 Å². The molecule has 6 nitrogen and oxygen atoms in total. The maximum Gasteiger partial charge on any atom is 0.195 e. The number of ether oxygens (including phenoxy) is 1. The van der Waals surface area contributed by atoms with E-state index in [1.807, 2.05) is 73.0 Å². The van der Waals surface area contributed by atoms with Crippen LogP contribution in [0.15, 0.2) is 88.9 Å². The SMILES string of the molecule is Cc1ccc(S(=O)(=O)Cc2nnc(SCCCCOc3ccccc3C)n2-c2ccccc2)cc1. The predicted molar refractivity (Wildman–Crippen MR) is 140 cm³/mol. The highest BCUT2D eigenvalue weighted by Gasteiger charge is 2.22. The number of para-hydroxylation sites is 2. The first-order valence-electron chi connectivity index (χ1n) is 11.5. The lowest BCUT2D eigenvalue weighted by Gasteiger charge is -2.11. The molecule has 35 heavy (non-hydrogen) atoms. The van der Waals surface area contributed by atoms with Gasteiger partial charge in [-0.05, 0) is 62.6 Å². The largest absolute Gasteiger partial charge is 0.493 e. The fraction of sp³-hybridized carbons (Fsp3) is 0.259. The summed E-state index contributed by atoms with van der Waals surface area (Å²) in [6.45, 7) is 4.62. The van der Waals surface area contributed by atoms with E-state index in [2.05, 4.69) is 10.2 Å². The third kappa shape index (κ3) is 6.52. The number of rotatable bonds is 11. The summed E-state index contributed by atoms with van der Waals surface area (Å²) in [5, 5.41) is 9.30. The van der Waals surface area contributed by atoms with Crippen LogP contribution in [0, 0.1) is 13.8 Å². The molecule has 0 saturated heterocycles. The first-order valence-corrected chi connectivity index (χ1v) is 14.2. The van der Waals surface area contributed by atoms with Crippen LogP contribution in [0.3, 0.4) is 0 Å². The molecule has 4 aromatic rings. The Balaban J connectivity index is 1.43. The molecule has 0 fully saturated rings. The van der Waals surface area contributed by atoms with Crippen molar-refractivity contribution >= 4 is 21.6 Å². The standard InChI is InChI=1S/C27H29N3O3S2/c1-21-14-16-24(17-15-21)35(31,32)20-26-28-29-27(30(26)23-11-4-3-5-12-23)34-19-9-8-18-33-25-13-7-6-10-22(25)2/h3-7,10-17H,8-9,18-20H2,1-2H3. The number of hydrogen-bond acceptors (Lipinski definition) is 6. The highest BCUT2D eigenvalue weighted by molar-refractivity contribution is 7.99. The topological polar surface area (TPSA) is 74.1 Å². The first kappa shape index (κ1) is 25.0. The minimum Gasteiger partial charge on any atom is -0.493 e. The summed E-state index contributed by atoms with van der Waals surface area (Å²) in [7, 11) is -3.56. The molecule has 0 saturated carbocycles. The Labute approximate surface area is 211 Å². The zero-order valence-corrected chi connectivity index (χ0v) is 21.6. The van der Waals surface area contributed by atoms with Crippen LogP contribution in [-0.4, -0.2) is 35.5 Å². The number of unbranched alkanes of at least 4 members (excludes halogenated alkanes) is 1. The van der Waals surface area contributed by atoms with Crippen molar-refractivity contribution in [1.29, 1.82) is 0 Å². The zero-order chi connectivity index (χ0) is 24.7. The Morgan fingerprint density at radius 2 is 1.57 bits per heavy atom. The summed E-state index contributed by atoms with van der Waals surface area (Å²) in [5.41, 5.74) is 2.99. The van der Waals surface area contributed by atoms with Gasteiger partial charge in [0, 0.05) is 11.4 Å². The van der Waals surface area contributed by atoms with E-state index in [0.717, 1.165) is 41.2 Å². The van der Waals surface area contributed by atoms with Crippen molar-refractivity contribution in [1.82, 2.24) is 14.8 Å². The quantitative estimate of drug-likeness (QED) is 0.188. The normalized spacial score (nSPS) is 11.5. The first-order chi connectivity index (χ1) is 16.9. The van der Waals surface area contributed by atoms with Crippen LogP contribution in [0.2, 0.25) is 0 Å². The highest BCUT2D eigenvalue weighted by atomic mass is 32.2. The number of hydrogen-bond donors (Lipinski definition) is 0. The Morgan fingerprint density at radius 3 is 2.31 bits per heavy atom. The van der Waals surface area contributed by atoms with E-state index in [-0.39, 0.29) is 10.6 Å². The van der Waals surface area contributed by atoms with Crippen LogP contribution in [-0.2, 0) is 15.6 Å². The van der Waals surface area contributed by atoms with E-state index in [9.17, 15) is 8.42 Å². The molecule has 0 aliphatic carbocycles. The minimum atomic E-state index is -3.56. The molecular formula is C27H29N3O3S2. The smallest absolute Gasteiger partial charge is 0.195 e. The molecule has 4 rings (SSSR count). The molecule has 1 aromatic heterocycles. The molecule has 182 valence electrons. The lowest BCUT2D eigenvalue weighted by molar-refractivity contribution is 0.308. The zero-order valence-electron chi connectivity index (χ0n) is 19.9. The minimum absolute atomic E-state index is 0.219. The third-order valence-electron chi connectivity index (χ3n) is 5.53. The second kappa shape index (κ2) is 11.6. The maximum absolute atomic E-state index is 13.1. The molecule has 0 radical (unpaired) electrons. The fourth-order valence-electron chi connectivity index (χ4n) is 3.59. The van der Waals surface area contributed by atoms with Crippen molar-refractivity contribution in [2.45, 2.75) is 42.5 Å². The maximum atomic E-state index is 13.1. The molecular weight excluding hydrogens is 478 g/mol. The monoisotopic (exact) mass is 507 g/mol. The molecule has 1 heterocycles. The summed E-state index contributed by atoms with van der Waals surface area (Å²) < 4.78 is 33.9. The van der Waals surface area contributed by atoms with Gasteiger partial charge in [-0.25, -0.2) is 8.42 Å². The molecule has 3 aromatic carbocycles. The molecule has 0 amide bonds. The number of aryl methyl sites for hydroxylation is 2. The Bertz CT molecular complexity index is 1350. The summed E-state index contributed by atoms with van der Waals surface area (Å²) in [6, 6.07) is 24.5. The fourth-order valence-corrected chi connectivity index (χ4v) is 5.80. The molecule has 8 heteroatoms. The Morgan fingerprint density at radius 1 is 0.857 bits per heavy atom.